The molecule has 2 N–H and O–H groups in total. The summed E-state index contributed by atoms with van der Waals surface area (Å²) in [4.78, 5) is 13.3. The van der Waals surface area contributed by atoms with Crippen molar-refractivity contribution in [3.63, 3.8) is 0 Å². The zero-order valence-corrected chi connectivity index (χ0v) is 11.9. The molecule has 4 nitrogen and oxygen atoms in total. The molecule has 1 aliphatic rings. The number of halogens is 1. The van der Waals surface area contributed by atoms with E-state index in [1.807, 2.05) is 14.1 Å². The molecule has 0 saturated heterocycles. The van der Waals surface area contributed by atoms with Crippen LogP contribution in [0, 0.1) is 5.82 Å². The van der Waals surface area contributed by atoms with Crippen LogP contribution in [0.15, 0.2) is 18.2 Å². The summed E-state index contributed by atoms with van der Waals surface area (Å²) >= 11 is 0. The number of benzene rings is 1. The molecule has 0 heterocycles. The van der Waals surface area contributed by atoms with E-state index in [1.165, 1.54) is 25.0 Å². The summed E-state index contributed by atoms with van der Waals surface area (Å²) in [7, 11) is 4.08. The van der Waals surface area contributed by atoms with E-state index in [1.54, 1.807) is 6.07 Å². The quantitative estimate of drug-likeness (QED) is 0.871. The van der Waals surface area contributed by atoms with Gasteiger partial charge in [-0.3, -0.25) is 0 Å². The Labute approximate surface area is 118 Å². The van der Waals surface area contributed by atoms with Crippen LogP contribution < -0.4 is 5.32 Å². The van der Waals surface area contributed by atoms with Crippen molar-refractivity contribution in [1.82, 2.24) is 4.90 Å². The van der Waals surface area contributed by atoms with E-state index in [0.29, 0.717) is 12.2 Å². The van der Waals surface area contributed by atoms with Crippen molar-refractivity contribution in [3.8, 4) is 0 Å². The van der Waals surface area contributed by atoms with E-state index in [2.05, 4.69) is 10.2 Å². The molecule has 0 bridgehead atoms. The number of rotatable bonds is 5. The van der Waals surface area contributed by atoms with Crippen LogP contribution in [0.1, 0.15) is 36.0 Å². The van der Waals surface area contributed by atoms with Crippen LogP contribution in [0.4, 0.5) is 10.1 Å². The van der Waals surface area contributed by atoms with Crippen molar-refractivity contribution >= 4 is 11.7 Å². The standard InChI is InChI=1S/C15H21FN2O2/c1-18(2)15(8-3-4-9-15)10-17-12-7-5-6-11(16)13(12)14(19)20/h5-7,17H,3-4,8-10H2,1-2H3,(H,19,20). The van der Waals surface area contributed by atoms with E-state index in [9.17, 15) is 9.18 Å². The first kappa shape index (κ1) is 14.8. The Morgan fingerprint density at radius 1 is 1.40 bits per heavy atom. The molecule has 0 unspecified atom stereocenters. The summed E-state index contributed by atoms with van der Waals surface area (Å²) in [5.41, 5.74) is 0.104. The summed E-state index contributed by atoms with van der Waals surface area (Å²) in [5.74, 6) is -1.94. The zero-order chi connectivity index (χ0) is 14.8. The van der Waals surface area contributed by atoms with Crippen molar-refractivity contribution < 1.29 is 14.3 Å². The Kier molecular flexibility index (Phi) is 4.28. The van der Waals surface area contributed by atoms with Crippen LogP contribution in [-0.2, 0) is 0 Å². The van der Waals surface area contributed by atoms with Crippen LogP contribution in [0.2, 0.25) is 0 Å². The molecule has 1 aromatic rings. The lowest BCUT2D eigenvalue weighted by atomic mass is 9.95. The molecule has 2 rings (SSSR count). The first-order valence-corrected chi connectivity index (χ1v) is 6.89. The van der Waals surface area contributed by atoms with Gasteiger partial charge < -0.3 is 15.3 Å². The van der Waals surface area contributed by atoms with E-state index in [0.717, 1.165) is 12.8 Å². The molecule has 1 aromatic carbocycles. The predicted octanol–water partition coefficient (Wildman–Crippen LogP) is 2.81. The first-order chi connectivity index (χ1) is 9.46. The average Bonchev–Trinajstić information content (AvgIpc) is 2.86. The van der Waals surface area contributed by atoms with Gasteiger partial charge in [0.1, 0.15) is 11.4 Å². The summed E-state index contributed by atoms with van der Waals surface area (Å²) in [6, 6.07) is 4.32. The number of carboxylic acids is 1. The number of likely N-dealkylation sites (N-methyl/N-ethyl adjacent to an activating group) is 1. The topological polar surface area (TPSA) is 52.6 Å². The van der Waals surface area contributed by atoms with Gasteiger partial charge in [0, 0.05) is 12.1 Å². The maximum Gasteiger partial charge on any atom is 0.340 e. The second-order valence-corrected chi connectivity index (χ2v) is 5.65. The number of hydrogen-bond acceptors (Lipinski definition) is 3. The molecular formula is C15H21FN2O2. The zero-order valence-electron chi connectivity index (χ0n) is 11.9. The van der Waals surface area contributed by atoms with E-state index in [4.69, 9.17) is 5.11 Å². The van der Waals surface area contributed by atoms with Gasteiger partial charge in [-0.1, -0.05) is 18.9 Å². The van der Waals surface area contributed by atoms with Gasteiger partial charge >= 0.3 is 5.97 Å². The largest absolute Gasteiger partial charge is 0.478 e. The van der Waals surface area contributed by atoms with Crippen molar-refractivity contribution in [2.24, 2.45) is 0 Å². The average molecular weight is 280 g/mol. The highest BCUT2D eigenvalue weighted by Gasteiger charge is 2.36. The maximum atomic E-state index is 13.6. The van der Waals surface area contributed by atoms with Gasteiger partial charge in [0.15, 0.2) is 0 Å². The molecule has 5 heteroatoms. The van der Waals surface area contributed by atoms with Gasteiger partial charge in [-0.2, -0.15) is 0 Å². The van der Waals surface area contributed by atoms with Crippen LogP contribution in [0.3, 0.4) is 0 Å². The third kappa shape index (κ3) is 2.77. The SMILES string of the molecule is CN(C)C1(CNc2cccc(F)c2C(=O)O)CCCC1. The molecule has 0 atom stereocenters. The number of aromatic carboxylic acids is 1. The van der Waals surface area contributed by atoms with Crippen LogP contribution in [-0.4, -0.2) is 42.2 Å². The van der Waals surface area contributed by atoms with Gasteiger partial charge in [0.2, 0.25) is 0 Å². The Hall–Kier alpha value is -1.62. The minimum Gasteiger partial charge on any atom is -0.478 e. The minimum atomic E-state index is -1.24. The third-order valence-electron chi connectivity index (χ3n) is 4.32. The summed E-state index contributed by atoms with van der Waals surface area (Å²) in [6.07, 6.45) is 4.50. The molecule has 1 fully saturated rings. The molecule has 0 spiro atoms. The van der Waals surface area contributed by atoms with Crippen molar-refractivity contribution in [2.45, 2.75) is 31.2 Å². The van der Waals surface area contributed by atoms with Gasteiger partial charge in [0.05, 0.1) is 5.69 Å². The molecule has 0 radical (unpaired) electrons. The molecule has 1 aliphatic carbocycles. The highest BCUT2D eigenvalue weighted by Crippen LogP contribution is 2.34. The van der Waals surface area contributed by atoms with Gasteiger partial charge in [-0.15, -0.1) is 0 Å². The number of hydrogen-bond donors (Lipinski definition) is 2. The monoisotopic (exact) mass is 280 g/mol. The fourth-order valence-corrected chi connectivity index (χ4v) is 2.96. The van der Waals surface area contributed by atoms with Crippen molar-refractivity contribution in [2.75, 3.05) is 26.0 Å². The summed E-state index contributed by atoms with van der Waals surface area (Å²) in [5, 5.41) is 12.3. The number of nitrogens with one attached hydrogen (secondary N) is 1. The number of nitrogens with zero attached hydrogens (tertiary/aromatic N) is 1. The maximum absolute atomic E-state index is 13.6. The summed E-state index contributed by atoms with van der Waals surface area (Å²) in [6.45, 7) is 0.629. The van der Waals surface area contributed by atoms with Gasteiger partial charge in [0.25, 0.3) is 0 Å². The fraction of sp³-hybridized carbons (Fsp3) is 0.533. The van der Waals surface area contributed by atoms with Crippen molar-refractivity contribution in [3.05, 3.63) is 29.6 Å². The Balaban J connectivity index is 2.19. The molecule has 0 aromatic heterocycles. The Bertz CT molecular complexity index is 497. The number of carbonyl (C=O) groups is 1. The summed E-state index contributed by atoms with van der Waals surface area (Å²) < 4.78 is 13.6. The van der Waals surface area contributed by atoms with Crippen LogP contribution >= 0.6 is 0 Å². The normalized spacial score (nSPS) is 17.4. The lowest BCUT2D eigenvalue weighted by molar-refractivity contribution is 0.0693. The molecule has 0 aliphatic heterocycles. The first-order valence-electron chi connectivity index (χ1n) is 6.89. The minimum absolute atomic E-state index is 0.0299. The molecule has 1 saturated carbocycles. The Morgan fingerprint density at radius 3 is 2.60 bits per heavy atom. The van der Waals surface area contributed by atoms with Gasteiger partial charge in [-0.05, 0) is 39.1 Å². The molecule has 110 valence electrons. The highest BCUT2D eigenvalue weighted by molar-refractivity contribution is 5.94. The predicted molar refractivity (Wildman–Crippen MR) is 76.7 cm³/mol. The molecule has 20 heavy (non-hydrogen) atoms. The number of anilines is 1. The number of carboxylic acid groups (broad SMARTS) is 1. The molecular weight excluding hydrogens is 259 g/mol. The van der Waals surface area contributed by atoms with Crippen LogP contribution in [0.5, 0.6) is 0 Å². The van der Waals surface area contributed by atoms with Crippen LogP contribution in [0.25, 0.3) is 0 Å². The lowest BCUT2D eigenvalue weighted by Gasteiger charge is -2.37. The third-order valence-corrected chi connectivity index (χ3v) is 4.32. The smallest absolute Gasteiger partial charge is 0.340 e. The van der Waals surface area contributed by atoms with Crippen molar-refractivity contribution in [1.29, 1.82) is 0 Å². The second kappa shape index (κ2) is 5.79. The second-order valence-electron chi connectivity index (χ2n) is 5.65. The fourth-order valence-electron chi connectivity index (χ4n) is 2.96. The molecule has 0 amide bonds. The lowest BCUT2D eigenvalue weighted by Crippen LogP contribution is -2.47. The van der Waals surface area contributed by atoms with E-state index in [-0.39, 0.29) is 11.1 Å². The highest BCUT2D eigenvalue weighted by atomic mass is 19.1. The Morgan fingerprint density at radius 2 is 2.05 bits per heavy atom. The van der Waals surface area contributed by atoms with E-state index < -0.39 is 11.8 Å². The van der Waals surface area contributed by atoms with Gasteiger partial charge in [-0.25, -0.2) is 9.18 Å². The van der Waals surface area contributed by atoms with E-state index >= 15 is 0 Å².